The first-order valence-corrected chi connectivity index (χ1v) is 9.35. The molecule has 136 valence electrons. The molecule has 2 heteroatoms. The monoisotopic (exact) mass is 348 g/mol. The minimum Gasteiger partial charge on any atom is -0.507 e. The van der Waals surface area contributed by atoms with Crippen molar-refractivity contribution in [3.05, 3.63) is 70.3 Å². The van der Waals surface area contributed by atoms with Crippen molar-refractivity contribution in [3.63, 3.8) is 0 Å². The van der Waals surface area contributed by atoms with E-state index in [9.17, 15) is 10.2 Å². The molecule has 0 saturated carbocycles. The molecule has 0 aliphatic carbocycles. The van der Waals surface area contributed by atoms with Crippen LogP contribution in [-0.4, -0.2) is 10.2 Å². The Bertz CT molecular complexity index is 923. The molecule has 0 fully saturated rings. The number of rotatable bonds is 4. The zero-order valence-electron chi connectivity index (χ0n) is 16.3. The van der Waals surface area contributed by atoms with E-state index in [1.165, 1.54) is 11.1 Å². The van der Waals surface area contributed by atoms with E-state index in [0.717, 1.165) is 33.9 Å². The van der Waals surface area contributed by atoms with E-state index in [-0.39, 0.29) is 11.8 Å². The average Bonchev–Trinajstić information content (AvgIpc) is 2.60. The van der Waals surface area contributed by atoms with Crippen LogP contribution in [0.5, 0.6) is 11.5 Å². The lowest BCUT2D eigenvalue weighted by Crippen LogP contribution is -2.00. The van der Waals surface area contributed by atoms with Gasteiger partial charge in [-0.1, -0.05) is 70.2 Å². The van der Waals surface area contributed by atoms with Crippen LogP contribution in [0.3, 0.4) is 0 Å². The molecule has 0 amide bonds. The highest BCUT2D eigenvalue weighted by Gasteiger charge is 2.16. The van der Waals surface area contributed by atoms with Gasteiger partial charge in [0.15, 0.2) is 0 Å². The van der Waals surface area contributed by atoms with Crippen LogP contribution in [0, 0.1) is 6.92 Å². The van der Waals surface area contributed by atoms with Crippen LogP contribution in [0.15, 0.2) is 42.5 Å². The van der Waals surface area contributed by atoms with Gasteiger partial charge in [0, 0.05) is 5.39 Å². The summed E-state index contributed by atoms with van der Waals surface area (Å²) < 4.78 is 0. The first-order valence-electron chi connectivity index (χ1n) is 9.35. The molecular weight excluding hydrogens is 320 g/mol. The fraction of sp³-hybridized carbons (Fsp3) is 0.333. The van der Waals surface area contributed by atoms with Gasteiger partial charge < -0.3 is 10.2 Å². The van der Waals surface area contributed by atoms with E-state index < -0.39 is 0 Å². The number of aryl methyl sites for hydroxylation is 1. The molecule has 0 unspecified atom stereocenters. The predicted molar refractivity (Wildman–Crippen MR) is 109 cm³/mol. The minimum absolute atomic E-state index is 0.269. The molecule has 26 heavy (non-hydrogen) atoms. The van der Waals surface area contributed by atoms with Gasteiger partial charge in [0.1, 0.15) is 11.5 Å². The van der Waals surface area contributed by atoms with E-state index in [1.54, 1.807) is 0 Å². The maximum atomic E-state index is 10.6. The molecule has 0 heterocycles. The van der Waals surface area contributed by atoms with Crippen LogP contribution >= 0.6 is 0 Å². The van der Waals surface area contributed by atoms with E-state index in [2.05, 4.69) is 52.0 Å². The quantitative estimate of drug-likeness (QED) is 0.573. The largest absolute Gasteiger partial charge is 0.507 e. The highest BCUT2D eigenvalue weighted by molar-refractivity contribution is 5.92. The van der Waals surface area contributed by atoms with Crippen molar-refractivity contribution in [1.29, 1.82) is 0 Å². The van der Waals surface area contributed by atoms with E-state index in [1.807, 2.05) is 25.1 Å². The van der Waals surface area contributed by atoms with Crippen molar-refractivity contribution in [2.75, 3.05) is 0 Å². The summed E-state index contributed by atoms with van der Waals surface area (Å²) in [6.45, 7) is 10.4. The lowest BCUT2D eigenvalue weighted by atomic mass is 9.88. The molecule has 0 saturated heterocycles. The molecule has 0 spiro atoms. The molecule has 3 aromatic carbocycles. The van der Waals surface area contributed by atoms with Gasteiger partial charge in [-0.05, 0) is 58.4 Å². The molecule has 0 aromatic heterocycles. The molecule has 0 aliphatic heterocycles. The number of fused-ring (bicyclic) bond motifs is 1. The summed E-state index contributed by atoms with van der Waals surface area (Å²) in [4.78, 5) is 0. The lowest BCUT2D eigenvalue weighted by molar-refractivity contribution is 0.454. The van der Waals surface area contributed by atoms with E-state index >= 15 is 0 Å². The minimum atomic E-state index is 0.269. The van der Waals surface area contributed by atoms with Gasteiger partial charge in [0.2, 0.25) is 0 Å². The Morgan fingerprint density at radius 1 is 0.769 bits per heavy atom. The number of phenols is 2. The van der Waals surface area contributed by atoms with Gasteiger partial charge in [-0.2, -0.15) is 0 Å². The standard InChI is InChI=1S/C24H28O2/c1-14(2)21-12-17(13-22(15(3)4)24(21)26)11-18-10-16(5)23(25)20-9-7-6-8-19(18)20/h6-10,12-15,25-26H,11H2,1-5H3. The summed E-state index contributed by atoms with van der Waals surface area (Å²) in [6, 6.07) is 14.3. The van der Waals surface area contributed by atoms with Gasteiger partial charge in [-0.15, -0.1) is 0 Å². The molecule has 0 aliphatic rings. The number of hydrogen-bond donors (Lipinski definition) is 2. The van der Waals surface area contributed by atoms with Crippen molar-refractivity contribution >= 4 is 10.8 Å². The summed E-state index contributed by atoms with van der Waals surface area (Å²) in [5, 5.41) is 23.0. The summed E-state index contributed by atoms with van der Waals surface area (Å²) in [5.74, 6) is 1.34. The van der Waals surface area contributed by atoms with Crippen LogP contribution in [0.1, 0.15) is 67.3 Å². The first-order chi connectivity index (χ1) is 12.3. The Morgan fingerprint density at radius 3 is 1.85 bits per heavy atom. The van der Waals surface area contributed by atoms with Crippen LogP contribution in [-0.2, 0) is 6.42 Å². The van der Waals surface area contributed by atoms with Gasteiger partial charge >= 0.3 is 0 Å². The van der Waals surface area contributed by atoms with Gasteiger partial charge in [-0.25, -0.2) is 0 Å². The molecule has 0 atom stereocenters. The maximum absolute atomic E-state index is 10.6. The van der Waals surface area contributed by atoms with E-state index in [0.29, 0.717) is 11.5 Å². The van der Waals surface area contributed by atoms with Crippen molar-refractivity contribution in [2.45, 2.75) is 52.9 Å². The second-order valence-corrected chi connectivity index (χ2v) is 7.86. The third-order valence-corrected chi connectivity index (χ3v) is 5.16. The number of hydrogen-bond acceptors (Lipinski definition) is 2. The van der Waals surface area contributed by atoms with Crippen LogP contribution in [0.25, 0.3) is 10.8 Å². The molecule has 0 bridgehead atoms. The summed E-state index contributed by atoms with van der Waals surface area (Å²) >= 11 is 0. The topological polar surface area (TPSA) is 40.5 Å². The number of phenolic OH excluding ortho intramolecular Hbond substituents is 2. The summed E-state index contributed by atoms with van der Waals surface area (Å²) in [5.41, 5.74) is 5.30. The zero-order chi connectivity index (χ0) is 19.0. The highest BCUT2D eigenvalue weighted by atomic mass is 16.3. The van der Waals surface area contributed by atoms with Crippen LogP contribution in [0.2, 0.25) is 0 Å². The third kappa shape index (κ3) is 3.29. The second kappa shape index (κ2) is 7.03. The Hall–Kier alpha value is -2.48. The fourth-order valence-corrected chi connectivity index (χ4v) is 3.68. The summed E-state index contributed by atoms with van der Waals surface area (Å²) in [6.07, 6.45) is 0.779. The Balaban J connectivity index is 2.15. The molecular formula is C24H28O2. The molecule has 0 radical (unpaired) electrons. The van der Waals surface area contributed by atoms with Crippen molar-refractivity contribution < 1.29 is 10.2 Å². The van der Waals surface area contributed by atoms with Crippen molar-refractivity contribution in [1.82, 2.24) is 0 Å². The molecule has 3 aromatic rings. The number of aromatic hydroxyl groups is 2. The average molecular weight is 348 g/mol. The maximum Gasteiger partial charge on any atom is 0.126 e. The highest BCUT2D eigenvalue weighted by Crippen LogP contribution is 2.37. The fourth-order valence-electron chi connectivity index (χ4n) is 3.68. The lowest BCUT2D eigenvalue weighted by Gasteiger charge is -2.18. The molecule has 3 rings (SSSR count). The second-order valence-electron chi connectivity index (χ2n) is 7.86. The third-order valence-electron chi connectivity index (χ3n) is 5.16. The summed E-state index contributed by atoms with van der Waals surface area (Å²) in [7, 11) is 0. The Morgan fingerprint density at radius 2 is 1.31 bits per heavy atom. The van der Waals surface area contributed by atoms with Gasteiger partial charge in [0.25, 0.3) is 0 Å². The van der Waals surface area contributed by atoms with Gasteiger partial charge in [0.05, 0.1) is 0 Å². The molecule has 2 nitrogen and oxygen atoms in total. The predicted octanol–water partition coefficient (Wildman–Crippen LogP) is 6.40. The number of benzene rings is 3. The Kier molecular flexibility index (Phi) is 4.95. The SMILES string of the molecule is Cc1cc(Cc2cc(C(C)C)c(O)c(C(C)C)c2)c2ccccc2c1O. The first kappa shape index (κ1) is 18.3. The van der Waals surface area contributed by atoms with Crippen molar-refractivity contribution in [2.24, 2.45) is 0 Å². The normalized spacial score (nSPS) is 11.7. The van der Waals surface area contributed by atoms with Crippen LogP contribution in [0.4, 0.5) is 0 Å². The zero-order valence-corrected chi connectivity index (χ0v) is 16.3. The van der Waals surface area contributed by atoms with Crippen LogP contribution < -0.4 is 0 Å². The van der Waals surface area contributed by atoms with E-state index in [4.69, 9.17) is 0 Å². The smallest absolute Gasteiger partial charge is 0.126 e. The Labute approximate surface area is 156 Å². The molecule has 2 N–H and O–H groups in total. The van der Waals surface area contributed by atoms with Gasteiger partial charge in [-0.3, -0.25) is 0 Å². The van der Waals surface area contributed by atoms with Crippen molar-refractivity contribution in [3.8, 4) is 11.5 Å².